The monoisotopic (exact) mass is 480 g/mol. The summed E-state index contributed by atoms with van der Waals surface area (Å²) in [5, 5.41) is 16.7. The quantitative estimate of drug-likeness (QED) is 0.449. The highest BCUT2D eigenvalue weighted by Crippen LogP contribution is 2.24. The molecule has 2 heterocycles. The van der Waals surface area contributed by atoms with Crippen LogP contribution in [-0.4, -0.2) is 50.8 Å². The minimum atomic E-state index is -0.605. The lowest BCUT2D eigenvalue weighted by Crippen LogP contribution is -2.41. The zero-order chi connectivity index (χ0) is 24.1. The molecule has 0 spiro atoms. The summed E-state index contributed by atoms with van der Waals surface area (Å²) in [5.41, 5.74) is 1.41. The van der Waals surface area contributed by atoms with Crippen LogP contribution in [-0.2, 0) is 16.1 Å². The fourth-order valence-electron chi connectivity index (χ4n) is 3.66. The molecule has 0 aliphatic carbocycles. The Hall–Kier alpha value is -3.73. The second kappa shape index (κ2) is 10.5. The molecule has 1 aromatic heterocycles. The first-order chi connectivity index (χ1) is 16.5. The summed E-state index contributed by atoms with van der Waals surface area (Å²) in [5.74, 6) is -0.153. The van der Waals surface area contributed by atoms with Gasteiger partial charge >= 0.3 is 0 Å². The van der Waals surface area contributed by atoms with E-state index in [0.29, 0.717) is 35.1 Å². The number of carbonyl (C=O) groups excluding carboxylic acids is 3. The molecule has 1 aliphatic heterocycles. The Balaban J connectivity index is 1.36. The van der Waals surface area contributed by atoms with Gasteiger partial charge in [0.1, 0.15) is 11.6 Å². The molecule has 3 aromatic rings. The summed E-state index contributed by atoms with van der Waals surface area (Å²) < 4.78 is 1.25. The van der Waals surface area contributed by atoms with Crippen molar-refractivity contribution >= 4 is 51.8 Å². The number of anilines is 2. The van der Waals surface area contributed by atoms with Crippen LogP contribution in [0, 0.1) is 0 Å². The van der Waals surface area contributed by atoms with Crippen molar-refractivity contribution in [3.8, 4) is 0 Å². The van der Waals surface area contributed by atoms with Crippen molar-refractivity contribution in [2.24, 2.45) is 0 Å². The van der Waals surface area contributed by atoms with Crippen molar-refractivity contribution in [2.45, 2.75) is 31.8 Å². The number of carbonyl (C=O) groups is 3. The smallest absolute Gasteiger partial charge is 0.277 e. The normalized spacial score (nSPS) is 15.3. The molecule has 1 atom stereocenters. The highest BCUT2D eigenvalue weighted by Gasteiger charge is 2.27. The molecule has 10 nitrogen and oxygen atoms in total. The number of hydrogen-bond acceptors (Lipinski definition) is 7. The Labute approximate surface area is 199 Å². The van der Waals surface area contributed by atoms with Gasteiger partial charge in [0.2, 0.25) is 11.8 Å². The van der Waals surface area contributed by atoms with E-state index in [4.69, 9.17) is 0 Å². The topological polar surface area (TPSA) is 135 Å². The molecule has 0 saturated carbocycles. The molecule has 2 aromatic carbocycles. The van der Waals surface area contributed by atoms with Gasteiger partial charge in [-0.1, -0.05) is 17.3 Å². The molecule has 3 amide bonds. The predicted octanol–water partition coefficient (Wildman–Crippen LogP) is 2.01. The second-order valence-corrected chi connectivity index (χ2v) is 8.83. The number of hydrogen-bond donors (Lipinski definition) is 3. The molecule has 11 heteroatoms. The van der Waals surface area contributed by atoms with Crippen molar-refractivity contribution in [1.82, 2.24) is 20.3 Å². The molecule has 3 N–H and O–H groups in total. The van der Waals surface area contributed by atoms with Gasteiger partial charge in [-0.15, -0.1) is 5.10 Å². The SMILES string of the molecule is CSCCC1NC(=O)c2cc(NC(=O)CCCn3nnc4ccccc4c3=O)ccc2NC1=O. The van der Waals surface area contributed by atoms with Gasteiger partial charge in [0, 0.05) is 18.7 Å². The maximum atomic E-state index is 12.6. The number of aromatic nitrogens is 3. The van der Waals surface area contributed by atoms with Gasteiger partial charge in [0.25, 0.3) is 11.5 Å². The predicted molar refractivity (Wildman–Crippen MR) is 131 cm³/mol. The summed E-state index contributed by atoms with van der Waals surface area (Å²) in [6, 6.07) is 11.1. The summed E-state index contributed by atoms with van der Waals surface area (Å²) in [7, 11) is 0. The van der Waals surface area contributed by atoms with Crippen molar-refractivity contribution in [2.75, 3.05) is 22.6 Å². The van der Waals surface area contributed by atoms with Gasteiger partial charge in [0.05, 0.1) is 16.6 Å². The molecule has 1 unspecified atom stereocenters. The number of amides is 3. The molecule has 1 aliphatic rings. The molecule has 34 heavy (non-hydrogen) atoms. The van der Waals surface area contributed by atoms with Gasteiger partial charge in [-0.3, -0.25) is 19.2 Å². The largest absolute Gasteiger partial charge is 0.340 e. The van der Waals surface area contributed by atoms with E-state index in [1.807, 2.05) is 6.26 Å². The lowest BCUT2D eigenvalue weighted by Gasteiger charge is -2.13. The van der Waals surface area contributed by atoms with Crippen LogP contribution in [0.25, 0.3) is 10.9 Å². The van der Waals surface area contributed by atoms with E-state index in [1.54, 1.807) is 54.2 Å². The molecule has 0 saturated heterocycles. The molecule has 4 rings (SSSR count). The molecule has 176 valence electrons. The average molecular weight is 481 g/mol. The molecule has 0 fully saturated rings. The highest BCUT2D eigenvalue weighted by atomic mass is 32.2. The van der Waals surface area contributed by atoms with E-state index in [0.717, 1.165) is 5.75 Å². The number of rotatable bonds is 8. The van der Waals surface area contributed by atoms with Gasteiger partial charge in [-0.25, -0.2) is 4.68 Å². The second-order valence-electron chi connectivity index (χ2n) is 7.84. The van der Waals surface area contributed by atoms with Crippen LogP contribution in [0.2, 0.25) is 0 Å². The molecule has 0 bridgehead atoms. The van der Waals surface area contributed by atoms with Crippen LogP contribution in [0.15, 0.2) is 47.3 Å². The van der Waals surface area contributed by atoms with E-state index < -0.39 is 6.04 Å². The Bertz CT molecular complexity index is 1310. The van der Waals surface area contributed by atoms with Crippen LogP contribution in [0.3, 0.4) is 0 Å². The standard InChI is InChI=1S/C23H24N6O4S/c1-34-12-10-19-22(32)25-17-9-8-14(13-16(17)21(31)26-19)24-20(30)7-4-11-29-23(33)15-5-2-3-6-18(15)27-28-29/h2-3,5-6,8-9,13,19H,4,7,10-12H2,1H3,(H,24,30)(H,25,32)(H,26,31). The number of nitrogens with one attached hydrogen (secondary N) is 3. The molecule has 0 radical (unpaired) electrons. The van der Waals surface area contributed by atoms with Crippen molar-refractivity contribution in [3.05, 3.63) is 58.4 Å². The minimum absolute atomic E-state index is 0.151. The van der Waals surface area contributed by atoms with Crippen molar-refractivity contribution in [3.63, 3.8) is 0 Å². The van der Waals surface area contributed by atoms with E-state index >= 15 is 0 Å². The zero-order valence-corrected chi connectivity index (χ0v) is 19.4. The fraction of sp³-hybridized carbons (Fsp3) is 0.304. The lowest BCUT2D eigenvalue weighted by molar-refractivity contribution is -0.118. The zero-order valence-electron chi connectivity index (χ0n) is 18.5. The summed E-state index contributed by atoms with van der Waals surface area (Å²) >= 11 is 1.60. The Morgan fingerprint density at radius 3 is 2.82 bits per heavy atom. The highest BCUT2D eigenvalue weighted by molar-refractivity contribution is 7.98. The number of fused-ring (bicyclic) bond motifs is 2. The summed E-state index contributed by atoms with van der Waals surface area (Å²) in [4.78, 5) is 50.0. The van der Waals surface area contributed by atoms with E-state index in [1.165, 1.54) is 4.68 Å². The first-order valence-electron chi connectivity index (χ1n) is 10.8. The Kier molecular flexibility index (Phi) is 7.21. The van der Waals surface area contributed by atoms with Crippen molar-refractivity contribution < 1.29 is 14.4 Å². The van der Waals surface area contributed by atoms with E-state index in [-0.39, 0.29) is 41.8 Å². The summed E-state index contributed by atoms with van der Waals surface area (Å²) in [6.07, 6.45) is 3.00. The van der Waals surface area contributed by atoms with Crippen LogP contribution in [0.4, 0.5) is 11.4 Å². The molecular weight excluding hydrogens is 456 g/mol. The number of nitrogens with zero attached hydrogens (tertiary/aromatic N) is 3. The van der Waals surface area contributed by atoms with Gasteiger partial charge < -0.3 is 16.0 Å². The van der Waals surface area contributed by atoms with Crippen LogP contribution in [0.5, 0.6) is 0 Å². The maximum absolute atomic E-state index is 12.6. The van der Waals surface area contributed by atoms with Gasteiger partial charge in [0.15, 0.2) is 0 Å². The fourth-order valence-corrected chi connectivity index (χ4v) is 4.13. The van der Waals surface area contributed by atoms with Crippen LogP contribution in [0.1, 0.15) is 29.6 Å². The number of thioether (sulfide) groups is 1. The third-order valence-electron chi connectivity index (χ3n) is 5.44. The first-order valence-corrected chi connectivity index (χ1v) is 12.2. The Morgan fingerprint density at radius 1 is 1.18 bits per heavy atom. The third kappa shape index (κ3) is 5.25. The third-order valence-corrected chi connectivity index (χ3v) is 6.09. The Morgan fingerprint density at radius 2 is 2.00 bits per heavy atom. The molecular formula is C23H24N6O4S. The lowest BCUT2D eigenvalue weighted by atomic mass is 10.1. The van der Waals surface area contributed by atoms with Gasteiger partial charge in [-0.2, -0.15) is 11.8 Å². The van der Waals surface area contributed by atoms with Crippen molar-refractivity contribution in [1.29, 1.82) is 0 Å². The number of benzene rings is 2. The van der Waals surface area contributed by atoms with E-state index in [2.05, 4.69) is 26.3 Å². The average Bonchev–Trinajstić information content (AvgIpc) is 2.95. The number of aryl methyl sites for hydroxylation is 1. The first kappa shape index (κ1) is 23.4. The summed E-state index contributed by atoms with van der Waals surface area (Å²) in [6.45, 7) is 0.250. The van der Waals surface area contributed by atoms with Gasteiger partial charge in [-0.05, 0) is 55.2 Å². The minimum Gasteiger partial charge on any atom is -0.340 e. The van der Waals surface area contributed by atoms with Crippen LogP contribution >= 0.6 is 11.8 Å². The maximum Gasteiger partial charge on any atom is 0.277 e. The van der Waals surface area contributed by atoms with Crippen LogP contribution < -0.4 is 21.5 Å². The van der Waals surface area contributed by atoms with E-state index in [9.17, 15) is 19.2 Å².